The maximum Gasteiger partial charge on any atom is 0.400 e. The molecule has 4 nitrogen and oxygen atoms in total. The quantitative estimate of drug-likeness (QED) is 0.552. The Bertz CT molecular complexity index is 350. The zero-order valence-electron chi connectivity index (χ0n) is 11.4. The molecule has 7 heteroatoms. The summed E-state index contributed by atoms with van der Waals surface area (Å²) >= 11 is 0. The fourth-order valence-corrected chi connectivity index (χ4v) is 3.85. The van der Waals surface area contributed by atoms with Gasteiger partial charge in [-0.05, 0) is 32.3 Å². The smallest absolute Gasteiger partial charge is 0.377 e. The van der Waals surface area contributed by atoms with Gasteiger partial charge in [-0.3, -0.25) is 4.57 Å². The molecule has 1 heterocycles. The van der Waals surface area contributed by atoms with Crippen LogP contribution in [0.15, 0.2) is 12.2 Å². The summed E-state index contributed by atoms with van der Waals surface area (Å²) in [6.45, 7) is 6.90. The SMILES string of the molecule is C=C1COCCCC1C(F)(F)P(=O)(OCC)OCC. The van der Waals surface area contributed by atoms with Gasteiger partial charge in [-0.1, -0.05) is 6.58 Å². The van der Waals surface area contributed by atoms with Gasteiger partial charge < -0.3 is 13.8 Å². The average molecular weight is 298 g/mol. The summed E-state index contributed by atoms with van der Waals surface area (Å²) in [6, 6.07) is 0. The maximum atomic E-state index is 14.5. The van der Waals surface area contributed by atoms with Crippen molar-refractivity contribution in [2.75, 3.05) is 26.4 Å². The summed E-state index contributed by atoms with van der Waals surface area (Å²) in [6.07, 6.45) is 0.632. The molecule has 0 bridgehead atoms. The van der Waals surface area contributed by atoms with Gasteiger partial charge in [-0.2, -0.15) is 8.78 Å². The van der Waals surface area contributed by atoms with Gasteiger partial charge >= 0.3 is 13.3 Å². The van der Waals surface area contributed by atoms with Crippen LogP contribution in [-0.2, 0) is 18.3 Å². The van der Waals surface area contributed by atoms with E-state index in [0.717, 1.165) is 0 Å². The fraction of sp³-hybridized carbons (Fsp3) is 0.833. The van der Waals surface area contributed by atoms with Crippen LogP contribution in [0.1, 0.15) is 26.7 Å². The van der Waals surface area contributed by atoms with Crippen LogP contribution in [0.5, 0.6) is 0 Å². The van der Waals surface area contributed by atoms with Crippen LogP contribution < -0.4 is 0 Å². The predicted molar refractivity (Wildman–Crippen MR) is 68.5 cm³/mol. The van der Waals surface area contributed by atoms with Crippen molar-refractivity contribution in [3.8, 4) is 0 Å². The van der Waals surface area contributed by atoms with E-state index in [2.05, 4.69) is 6.58 Å². The highest BCUT2D eigenvalue weighted by Gasteiger charge is 2.59. The molecule has 0 radical (unpaired) electrons. The number of halogens is 2. The number of hydrogen-bond donors (Lipinski definition) is 0. The molecular formula is C12H21F2O4P. The van der Waals surface area contributed by atoms with Gasteiger partial charge in [0.1, 0.15) is 0 Å². The Balaban J connectivity index is 3.03. The second-order valence-electron chi connectivity index (χ2n) is 4.33. The van der Waals surface area contributed by atoms with Gasteiger partial charge in [-0.25, -0.2) is 0 Å². The molecule has 0 amide bonds. The van der Waals surface area contributed by atoms with Gasteiger partial charge in [-0.15, -0.1) is 0 Å². The predicted octanol–water partition coefficient (Wildman–Crippen LogP) is 3.83. The minimum Gasteiger partial charge on any atom is -0.377 e. The number of rotatable bonds is 6. The van der Waals surface area contributed by atoms with Crippen molar-refractivity contribution in [2.45, 2.75) is 32.4 Å². The van der Waals surface area contributed by atoms with Crippen molar-refractivity contribution in [1.82, 2.24) is 0 Å². The van der Waals surface area contributed by atoms with Crippen LogP contribution in [-0.4, -0.2) is 32.1 Å². The molecule has 0 saturated carbocycles. The van der Waals surface area contributed by atoms with Gasteiger partial charge in [0.2, 0.25) is 0 Å². The van der Waals surface area contributed by atoms with Gasteiger partial charge in [0, 0.05) is 6.61 Å². The highest BCUT2D eigenvalue weighted by molar-refractivity contribution is 7.55. The Kier molecular flexibility index (Phi) is 6.12. The number of alkyl halides is 2. The lowest BCUT2D eigenvalue weighted by Crippen LogP contribution is -2.32. The van der Waals surface area contributed by atoms with Crippen molar-refractivity contribution in [2.24, 2.45) is 5.92 Å². The van der Waals surface area contributed by atoms with E-state index in [9.17, 15) is 13.3 Å². The molecule has 1 aliphatic rings. The second-order valence-corrected chi connectivity index (χ2v) is 6.43. The Hall–Kier alpha value is -0.290. The molecule has 0 spiro atoms. The summed E-state index contributed by atoms with van der Waals surface area (Å²) in [7, 11) is -4.50. The molecule has 0 aromatic carbocycles. The molecule has 0 aliphatic carbocycles. The van der Waals surface area contributed by atoms with Crippen LogP contribution in [0.4, 0.5) is 8.78 Å². The van der Waals surface area contributed by atoms with E-state index in [-0.39, 0.29) is 31.8 Å². The van der Waals surface area contributed by atoms with E-state index in [0.29, 0.717) is 13.0 Å². The average Bonchev–Trinajstić information content (AvgIpc) is 2.54. The van der Waals surface area contributed by atoms with Crippen LogP contribution >= 0.6 is 7.60 Å². The third-order valence-electron chi connectivity index (χ3n) is 2.94. The van der Waals surface area contributed by atoms with E-state index < -0.39 is 19.2 Å². The molecule has 1 fully saturated rings. The van der Waals surface area contributed by atoms with Crippen molar-refractivity contribution in [1.29, 1.82) is 0 Å². The highest BCUT2D eigenvalue weighted by atomic mass is 31.2. The van der Waals surface area contributed by atoms with Crippen molar-refractivity contribution in [3.63, 3.8) is 0 Å². The molecule has 1 aliphatic heterocycles. The monoisotopic (exact) mass is 298 g/mol. The first-order valence-corrected chi connectivity index (χ1v) is 7.95. The second kappa shape index (κ2) is 6.93. The van der Waals surface area contributed by atoms with Gasteiger partial charge in [0.15, 0.2) is 0 Å². The van der Waals surface area contributed by atoms with Gasteiger partial charge in [0.05, 0.1) is 25.7 Å². The number of hydrogen-bond acceptors (Lipinski definition) is 4. The first-order chi connectivity index (χ1) is 8.89. The standard InChI is InChI=1S/C12H21F2O4P/c1-4-17-19(15,18-5-2)12(13,14)11-7-6-8-16-9-10(11)3/h11H,3-9H2,1-2H3. The minimum atomic E-state index is -4.50. The zero-order chi connectivity index (χ0) is 14.5. The Morgan fingerprint density at radius 3 is 2.53 bits per heavy atom. The lowest BCUT2D eigenvalue weighted by Gasteiger charge is -2.32. The summed E-state index contributed by atoms with van der Waals surface area (Å²) in [5.74, 6) is -1.24. The largest absolute Gasteiger partial charge is 0.400 e. The molecule has 1 rings (SSSR count). The highest BCUT2D eigenvalue weighted by Crippen LogP contribution is 2.66. The van der Waals surface area contributed by atoms with Gasteiger partial charge in [0.25, 0.3) is 0 Å². The van der Waals surface area contributed by atoms with E-state index in [1.807, 2.05) is 0 Å². The van der Waals surface area contributed by atoms with E-state index in [1.54, 1.807) is 0 Å². The van der Waals surface area contributed by atoms with E-state index >= 15 is 0 Å². The minimum absolute atomic E-state index is 0.0541. The van der Waals surface area contributed by atoms with Crippen LogP contribution in [0, 0.1) is 5.92 Å². The first kappa shape index (κ1) is 16.8. The zero-order valence-corrected chi connectivity index (χ0v) is 12.3. The number of ether oxygens (including phenoxy) is 1. The molecule has 0 N–H and O–H groups in total. The topological polar surface area (TPSA) is 44.8 Å². The molecule has 1 atom stereocenters. The maximum absolute atomic E-state index is 14.5. The van der Waals surface area contributed by atoms with Crippen LogP contribution in [0.3, 0.4) is 0 Å². The molecule has 1 saturated heterocycles. The molecular weight excluding hydrogens is 277 g/mol. The molecule has 19 heavy (non-hydrogen) atoms. The lowest BCUT2D eigenvalue weighted by molar-refractivity contribution is -0.00261. The lowest BCUT2D eigenvalue weighted by atomic mass is 9.97. The van der Waals surface area contributed by atoms with Crippen molar-refractivity contribution in [3.05, 3.63) is 12.2 Å². The molecule has 0 aromatic heterocycles. The van der Waals surface area contributed by atoms with Crippen LogP contribution in [0.2, 0.25) is 0 Å². The summed E-state index contributed by atoms with van der Waals surface area (Å²) in [5, 5.41) is 0. The Morgan fingerprint density at radius 2 is 2.00 bits per heavy atom. The normalized spacial score (nSPS) is 22.3. The Labute approximate surface area is 112 Å². The molecule has 112 valence electrons. The Morgan fingerprint density at radius 1 is 1.42 bits per heavy atom. The van der Waals surface area contributed by atoms with Crippen molar-refractivity contribution >= 4 is 7.60 Å². The third kappa shape index (κ3) is 3.63. The summed E-state index contributed by atoms with van der Waals surface area (Å²) < 4.78 is 56.1. The summed E-state index contributed by atoms with van der Waals surface area (Å²) in [4.78, 5) is 0. The van der Waals surface area contributed by atoms with E-state index in [4.69, 9.17) is 13.8 Å². The third-order valence-corrected chi connectivity index (χ3v) is 5.18. The van der Waals surface area contributed by atoms with Crippen molar-refractivity contribution < 1.29 is 27.1 Å². The molecule has 0 aromatic rings. The van der Waals surface area contributed by atoms with E-state index in [1.165, 1.54) is 13.8 Å². The fourth-order valence-electron chi connectivity index (χ4n) is 2.06. The first-order valence-electron chi connectivity index (χ1n) is 6.41. The molecule has 1 unspecified atom stereocenters. The summed E-state index contributed by atoms with van der Waals surface area (Å²) in [5.41, 5.74) is -3.34. The van der Waals surface area contributed by atoms with Crippen LogP contribution in [0.25, 0.3) is 0 Å².